The van der Waals surface area contributed by atoms with E-state index in [1.54, 1.807) is 0 Å². The molecule has 0 aromatic heterocycles. The van der Waals surface area contributed by atoms with Crippen LogP contribution in [0.25, 0.3) is 0 Å². The Morgan fingerprint density at radius 3 is 2.36 bits per heavy atom. The number of sulfonamides is 1. The smallest absolute Gasteiger partial charge is 0.314 e. The van der Waals surface area contributed by atoms with Gasteiger partial charge in [0.2, 0.25) is 10.0 Å². The summed E-state index contributed by atoms with van der Waals surface area (Å²) in [5, 5.41) is 3.25. The number of halogens is 4. The molecule has 1 aliphatic rings. The van der Waals surface area contributed by atoms with Crippen LogP contribution in [-0.2, 0) is 16.2 Å². The molecule has 1 atom stereocenters. The molecule has 126 valence electrons. The number of hydrogen-bond acceptors (Lipinski definition) is 3. The number of nitrogens with one attached hydrogen (secondary N) is 2. The van der Waals surface area contributed by atoms with Gasteiger partial charge in [-0.1, -0.05) is 0 Å². The number of hydrogen-bond donors (Lipinski definition) is 2. The van der Waals surface area contributed by atoms with Gasteiger partial charge in [-0.05, 0) is 50.1 Å². The highest BCUT2D eigenvalue weighted by molar-refractivity contribution is 7.89. The van der Waals surface area contributed by atoms with Crippen LogP contribution in [0.2, 0.25) is 0 Å². The normalized spacial score (nSPS) is 19.0. The van der Waals surface area contributed by atoms with Gasteiger partial charge in [-0.2, -0.15) is 13.2 Å². The Bertz CT molecular complexity index is 570. The molecule has 9 heteroatoms. The first kappa shape index (κ1) is 19.2. The maximum atomic E-state index is 12.4. The van der Waals surface area contributed by atoms with Gasteiger partial charge >= 0.3 is 6.18 Å². The van der Waals surface area contributed by atoms with Crippen LogP contribution in [0.1, 0.15) is 24.8 Å². The fourth-order valence-corrected chi connectivity index (χ4v) is 3.32. The molecule has 0 amide bonds. The van der Waals surface area contributed by atoms with Crippen molar-refractivity contribution in [3.63, 3.8) is 0 Å². The molecule has 1 heterocycles. The van der Waals surface area contributed by atoms with Crippen LogP contribution in [0.15, 0.2) is 29.2 Å². The van der Waals surface area contributed by atoms with Crippen LogP contribution in [0.4, 0.5) is 13.2 Å². The summed E-state index contributed by atoms with van der Waals surface area (Å²) in [4.78, 5) is -0.158. The highest BCUT2D eigenvalue weighted by Crippen LogP contribution is 2.29. The van der Waals surface area contributed by atoms with Crippen LogP contribution in [-0.4, -0.2) is 27.5 Å². The number of alkyl halides is 3. The Morgan fingerprint density at radius 2 is 1.86 bits per heavy atom. The van der Waals surface area contributed by atoms with Crippen molar-refractivity contribution < 1.29 is 21.6 Å². The molecule has 1 aromatic carbocycles. The van der Waals surface area contributed by atoms with E-state index in [9.17, 15) is 21.6 Å². The summed E-state index contributed by atoms with van der Waals surface area (Å²) in [6.07, 6.45) is -1.71. The van der Waals surface area contributed by atoms with Gasteiger partial charge in [0.25, 0.3) is 0 Å². The van der Waals surface area contributed by atoms with Crippen molar-refractivity contribution in [2.45, 2.75) is 36.4 Å². The molecule has 0 radical (unpaired) electrons. The zero-order chi connectivity index (χ0) is 15.5. The van der Waals surface area contributed by atoms with Gasteiger partial charge in [0.15, 0.2) is 0 Å². The van der Waals surface area contributed by atoms with E-state index in [-0.39, 0.29) is 23.8 Å². The second kappa shape index (κ2) is 7.63. The quantitative estimate of drug-likeness (QED) is 0.850. The van der Waals surface area contributed by atoms with Gasteiger partial charge in [-0.25, -0.2) is 13.1 Å². The van der Waals surface area contributed by atoms with Crippen molar-refractivity contribution in [1.82, 2.24) is 10.0 Å². The Kier molecular flexibility index (Phi) is 6.66. The summed E-state index contributed by atoms with van der Waals surface area (Å²) in [6.45, 7) is 1.21. The molecule has 22 heavy (non-hydrogen) atoms. The fourth-order valence-electron chi connectivity index (χ4n) is 2.28. The lowest BCUT2D eigenvalue weighted by Gasteiger charge is -2.12. The van der Waals surface area contributed by atoms with Gasteiger partial charge in [0.05, 0.1) is 10.5 Å². The van der Waals surface area contributed by atoms with Crippen LogP contribution >= 0.6 is 12.4 Å². The Hall–Kier alpha value is -0.830. The minimum absolute atomic E-state index is 0. The lowest BCUT2D eigenvalue weighted by molar-refractivity contribution is -0.137. The Labute approximate surface area is 133 Å². The van der Waals surface area contributed by atoms with Gasteiger partial charge in [-0.15, -0.1) is 12.4 Å². The summed E-state index contributed by atoms with van der Waals surface area (Å²) < 4.78 is 63.6. The maximum Gasteiger partial charge on any atom is 0.416 e. The summed E-state index contributed by atoms with van der Waals surface area (Å²) in [5.41, 5.74) is -0.864. The van der Waals surface area contributed by atoms with E-state index in [1.807, 2.05) is 0 Å². The molecule has 0 unspecified atom stereocenters. The fraction of sp³-hybridized carbons (Fsp3) is 0.538. The highest BCUT2D eigenvalue weighted by atomic mass is 35.5. The van der Waals surface area contributed by atoms with Gasteiger partial charge in [-0.3, -0.25) is 0 Å². The number of benzene rings is 1. The first-order valence-electron chi connectivity index (χ1n) is 6.69. The molecule has 0 bridgehead atoms. The predicted octanol–water partition coefficient (Wildman–Crippen LogP) is 2.55. The molecule has 0 saturated carbocycles. The third-order valence-electron chi connectivity index (χ3n) is 3.44. The Balaban J connectivity index is 0.00000242. The molecule has 1 aromatic rings. The minimum Gasteiger partial charge on any atom is -0.314 e. The Morgan fingerprint density at radius 1 is 1.23 bits per heavy atom. The SMILES string of the molecule is Cl.O=S(=O)(NCC[C@H]1CCCN1)c1ccc(C(F)(F)F)cc1. The number of rotatable bonds is 5. The van der Waals surface area contributed by atoms with Crippen molar-refractivity contribution in [2.75, 3.05) is 13.1 Å². The molecule has 1 aliphatic heterocycles. The zero-order valence-corrected chi connectivity index (χ0v) is 13.3. The first-order valence-corrected chi connectivity index (χ1v) is 8.18. The van der Waals surface area contributed by atoms with E-state index in [2.05, 4.69) is 10.0 Å². The topological polar surface area (TPSA) is 58.2 Å². The first-order chi connectivity index (χ1) is 9.79. The van der Waals surface area contributed by atoms with Crippen molar-refractivity contribution in [2.24, 2.45) is 0 Å². The third kappa shape index (κ3) is 5.12. The van der Waals surface area contributed by atoms with Crippen LogP contribution in [0.3, 0.4) is 0 Å². The monoisotopic (exact) mass is 358 g/mol. The van der Waals surface area contributed by atoms with Gasteiger partial charge < -0.3 is 5.32 Å². The van der Waals surface area contributed by atoms with E-state index in [0.717, 1.165) is 43.7 Å². The summed E-state index contributed by atoms with van der Waals surface area (Å²) >= 11 is 0. The largest absolute Gasteiger partial charge is 0.416 e. The summed E-state index contributed by atoms with van der Waals surface area (Å²) in [7, 11) is -3.76. The van der Waals surface area contributed by atoms with Crippen molar-refractivity contribution in [3.05, 3.63) is 29.8 Å². The second-order valence-corrected chi connectivity index (χ2v) is 6.77. The third-order valence-corrected chi connectivity index (χ3v) is 4.92. The maximum absolute atomic E-state index is 12.4. The second-order valence-electron chi connectivity index (χ2n) is 5.00. The lowest BCUT2D eigenvalue weighted by atomic mass is 10.2. The van der Waals surface area contributed by atoms with E-state index in [0.29, 0.717) is 12.5 Å². The van der Waals surface area contributed by atoms with Gasteiger partial charge in [0.1, 0.15) is 0 Å². The van der Waals surface area contributed by atoms with E-state index in [4.69, 9.17) is 0 Å². The van der Waals surface area contributed by atoms with Gasteiger partial charge in [0, 0.05) is 12.6 Å². The minimum atomic E-state index is -4.47. The zero-order valence-electron chi connectivity index (χ0n) is 11.7. The van der Waals surface area contributed by atoms with Crippen molar-refractivity contribution >= 4 is 22.4 Å². The standard InChI is InChI=1S/C13H17F3N2O2S.ClH/c14-13(15,16)10-3-5-12(6-4-10)21(19,20)18-9-7-11-2-1-8-17-11;/h3-6,11,17-18H,1-2,7-9H2;1H/t11-;/m1./s1. The molecule has 1 saturated heterocycles. The molecular formula is C13H18ClF3N2O2S. The molecule has 4 nitrogen and oxygen atoms in total. The highest BCUT2D eigenvalue weighted by Gasteiger charge is 2.30. The van der Waals surface area contributed by atoms with E-state index in [1.165, 1.54) is 0 Å². The molecule has 0 aliphatic carbocycles. The van der Waals surface area contributed by atoms with Crippen molar-refractivity contribution in [1.29, 1.82) is 0 Å². The van der Waals surface area contributed by atoms with Crippen LogP contribution in [0.5, 0.6) is 0 Å². The van der Waals surface area contributed by atoms with E-state index >= 15 is 0 Å². The predicted molar refractivity (Wildman–Crippen MR) is 79.5 cm³/mol. The summed E-state index contributed by atoms with van der Waals surface area (Å²) in [6, 6.07) is 3.79. The molecule has 1 fully saturated rings. The summed E-state index contributed by atoms with van der Waals surface area (Å²) in [5.74, 6) is 0. The average Bonchev–Trinajstić information content (AvgIpc) is 2.91. The van der Waals surface area contributed by atoms with Crippen LogP contribution < -0.4 is 10.0 Å². The van der Waals surface area contributed by atoms with Crippen LogP contribution in [0, 0.1) is 0 Å². The molecular weight excluding hydrogens is 341 g/mol. The van der Waals surface area contributed by atoms with E-state index < -0.39 is 21.8 Å². The molecule has 2 N–H and O–H groups in total. The molecule has 2 rings (SSSR count). The van der Waals surface area contributed by atoms with Crippen molar-refractivity contribution in [3.8, 4) is 0 Å². The average molecular weight is 359 g/mol. The lowest BCUT2D eigenvalue weighted by Crippen LogP contribution is -2.30. The molecule has 0 spiro atoms.